The first-order chi connectivity index (χ1) is 5.63. The van der Waals surface area contributed by atoms with Gasteiger partial charge in [-0.1, -0.05) is 0 Å². The SMILES string of the molecule is [B]C(=O)NC1CC(CN)NC1=O. The highest BCUT2D eigenvalue weighted by Crippen LogP contribution is 2.06. The predicted octanol–water partition coefficient (Wildman–Crippen LogP) is -1.92. The summed E-state index contributed by atoms with van der Waals surface area (Å²) in [5.74, 6) is -0.905. The Hall–Kier alpha value is -1.04. The minimum atomic E-state index is -0.687. The minimum Gasteiger partial charge on any atom is -0.354 e. The molecule has 1 fully saturated rings. The van der Waals surface area contributed by atoms with Gasteiger partial charge in [0.25, 0.3) is 0 Å². The molecule has 0 spiro atoms. The first kappa shape index (κ1) is 9.06. The van der Waals surface area contributed by atoms with E-state index in [0.717, 1.165) is 0 Å². The van der Waals surface area contributed by atoms with Gasteiger partial charge in [0.1, 0.15) is 6.04 Å². The van der Waals surface area contributed by atoms with Crippen LogP contribution < -0.4 is 16.4 Å². The van der Waals surface area contributed by atoms with E-state index in [1.54, 1.807) is 0 Å². The van der Waals surface area contributed by atoms with Crippen molar-refractivity contribution < 1.29 is 9.59 Å². The molecule has 0 bridgehead atoms. The summed E-state index contributed by atoms with van der Waals surface area (Å²) in [5, 5.41) is 4.95. The second kappa shape index (κ2) is 3.58. The highest BCUT2D eigenvalue weighted by molar-refractivity contribution is 6.57. The van der Waals surface area contributed by atoms with E-state index in [9.17, 15) is 9.59 Å². The molecule has 2 amide bonds. The lowest BCUT2D eigenvalue weighted by molar-refractivity contribution is -0.120. The van der Waals surface area contributed by atoms with Crippen molar-refractivity contribution in [2.45, 2.75) is 18.5 Å². The van der Waals surface area contributed by atoms with Gasteiger partial charge in [0.2, 0.25) is 13.8 Å². The van der Waals surface area contributed by atoms with Gasteiger partial charge in [-0.3, -0.25) is 9.59 Å². The van der Waals surface area contributed by atoms with Gasteiger partial charge in [-0.2, -0.15) is 0 Å². The number of hydrogen-bond donors (Lipinski definition) is 3. The van der Waals surface area contributed by atoms with Gasteiger partial charge in [0, 0.05) is 12.6 Å². The summed E-state index contributed by atoms with van der Waals surface area (Å²) in [7, 11) is 4.86. The molecule has 0 aromatic heterocycles. The highest BCUT2D eigenvalue weighted by Gasteiger charge is 2.30. The van der Waals surface area contributed by atoms with Gasteiger partial charge >= 0.3 is 0 Å². The Bertz CT molecular complexity index is 209. The van der Waals surface area contributed by atoms with Crippen LogP contribution in [0.25, 0.3) is 0 Å². The van der Waals surface area contributed by atoms with Gasteiger partial charge in [0.05, 0.1) is 0 Å². The predicted molar refractivity (Wildman–Crippen MR) is 43.7 cm³/mol. The number of nitrogens with one attached hydrogen (secondary N) is 2. The second-order valence-corrected chi connectivity index (χ2v) is 2.74. The van der Waals surface area contributed by atoms with Gasteiger partial charge in [-0.05, 0) is 6.42 Å². The highest BCUT2D eigenvalue weighted by atomic mass is 16.2. The molecule has 1 aliphatic rings. The molecular formula is C6H10BN3O2. The fourth-order valence-corrected chi connectivity index (χ4v) is 1.20. The van der Waals surface area contributed by atoms with Crippen molar-refractivity contribution in [3.8, 4) is 0 Å². The molecule has 2 radical (unpaired) electrons. The summed E-state index contributed by atoms with van der Waals surface area (Å²) in [4.78, 5) is 21.4. The van der Waals surface area contributed by atoms with E-state index in [1.165, 1.54) is 0 Å². The molecule has 2 atom stereocenters. The van der Waals surface area contributed by atoms with Gasteiger partial charge < -0.3 is 16.4 Å². The third kappa shape index (κ3) is 1.98. The molecule has 0 aromatic carbocycles. The van der Waals surface area contributed by atoms with E-state index in [4.69, 9.17) is 13.6 Å². The van der Waals surface area contributed by atoms with Crippen LogP contribution in [0.15, 0.2) is 0 Å². The van der Waals surface area contributed by atoms with E-state index < -0.39 is 11.8 Å². The lowest BCUT2D eigenvalue weighted by atomic mass is 10.1. The first-order valence-corrected chi connectivity index (χ1v) is 3.70. The summed E-state index contributed by atoms with van der Waals surface area (Å²) >= 11 is 0. The maximum atomic E-state index is 11.0. The van der Waals surface area contributed by atoms with Crippen LogP contribution >= 0.6 is 0 Å². The maximum Gasteiger partial charge on any atom is 0.242 e. The van der Waals surface area contributed by atoms with Gasteiger partial charge in [-0.15, -0.1) is 0 Å². The molecule has 12 heavy (non-hydrogen) atoms. The number of amides is 2. The fraction of sp³-hybridized carbons (Fsp3) is 0.667. The van der Waals surface area contributed by atoms with Crippen molar-refractivity contribution in [3.05, 3.63) is 0 Å². The third-order valence-electron chi connectivity index (χ3n) is 1.78. The monoisotopic (exact) mass is 167 g/mol. The Morgan fingerprint density at radius 1 is 1.83 bits per heavy atom. The lowest BCUT2D eigenvalue weighted by Crippen LogP contribution is -2.39. The number of carbonyl (C=O) groups is 2. The van der Waals surface area contributed by atoms with Crippen LogP contribution in [0, 0.1) is 0 Å². The topological polar surface area (TPSA) is 84.2 Å². The number of rotatable bonds is 2. The van der Waals surface area contributed by atoms with Gasteiger partial charge in [-0.25, -0.2) is 0 Å². The van der Waals surface area contributed by atoms with Crippen molar-refractivity contribution in [3.63, 3.8) is 0 Å². The van der Waals surface area contributed by atoms with Crippen LogP contribution in [0.5, 0.6) is 0 Å². The third-order valence-corrected chi connectivity index (χ3v) is 1.78. The number of hydrogen-bond acceptors (Lipinski definition) is 3. The average Bonchev–Trinajstić information content (AvgIpc) is 2.31. The van der Waals surface area contributed by atoms with Crippen LogP contribution in [0.2, 0.25) is 0 Å². The average molecular weight is 167 g/mol. The summed E-state index contributed by atoms with van der Waals surface area (Å²) in [5.41, 5.74) is 5.33. The zero-order chi connectivity index (χ0) is 9.14. The number of carbonyl (C=O) groups excluding carboxylic acids is 2. The van der Waals surface area contributed by atoms with Crippen molar-refractivity contribution in [1.82, 2.24) is 10.6 Å². The van der Waals surface area contributed by atoms with Crippen LogP contribution in [0.4, 0.5) is 4.79 Å². The van der Waals surface area contributed by atoms with Crippen molar-refractivity contribution in [1.29, 1.82) is 0 Å². The summed E-state index contributed by atoms with van der Waals surface area (Å²) in [6.45, 7) is 0.378. The van der Waals surface area contributed by atoms with Crippen molar-refractivity contribution in [2.24, 2.45) is 5.73 Å². The molecule has 0 saturated carbocycles. The normalized spacial score (nSPS) is 28.2. The zero-order valence-electron chi connectivity index (χ0n) is 6.54. The molecule has 64 valence electrons. The summed E-state index contributed by atoms with van der Waals surface area (Å²) in [6.07, 6.45) is 0.512. The summed E-state index contributed by atoms with van der Waals surface area (Å²) < 4.78 is 0. The van der Waals surface area contributed by atoms with Crippen LogP contribution in [-0.2, 0) is 4.79 Å². The van der Waals surface area contributed by atoms with E-state index >= 15 is 0 Å². The van der Waals surface area contributed by atoms with Crippen molar-refractivity contribution in [2.75, 3.05) is 6.54 Å². The fourth-order valence-electron chi connectivity index (χ4n) is 1.20. The molecule has 4 N–H and O–H groups in total. The molecule has 5 nitrogen and oxygen atoms in total. The Kier molecular flexibility index (Phi) is 2.70. The summed E-state index contributed by atoms with van der Waals surface area (Å²) in [6, 6.07) is -0.564. The Morgan fingerprint density at radius 3 is 2.92 bits per heavy atom. The first-order valence-electron chi connectivity index (χ1n) is 3.70. The second-order valence-electron chi connectivity index (χ2n) is 2.74. The largest absolute Gasteiger partial charge is 0.354 e. The van der Waals surface area contributed by atoms with E-state index in [2.05, 4.69) is 10.6 Å². The molecule has 0 aliphatic carbocycles. The van der Waals surface area contributed by atoms with Crippen LogP contribution in [0.3, 0.4) is 0 Å². The van der Waals surface area contributed by atoms with Crippen LogP contribution in [0.1, 0.15) is 6.42 Å². The molecule has 0 aromatic rings. The van der Waals surface area contributed by atoms with Crippen molar-refractivity contribution >= 4 is 19.6 Å². The Balaban J connectivity index is 2.46. The molecule has 1 rings (SSSR count). The van der Waals surface area contributed by atoms with Crippen LogP contribution in [-0.4, -0.2) is 38.2 Å². The lowest BCUT2D eigenvalue weighted by Gasteiger charge is -2.07. The Labute approximate surface area is 71.5 Å². The van der Waals surface area contributed by atoms with E-state index in [0.29, 0.717) is 13.0 Å². The standard InChI is InChI=1S/C6H10BN3O2/c7-6(12)10-4-1-3(2-8)9-5(4)11/h3-4H,1-2,8H2,(H,9,11)(H,10,12). The quantitative estimate of drug-likeness (QED) is 0.419. The number of nitrogens with two attached hydrogens (primary N) is 1. The molecule has 2 unspecified atom stereocenters. The van der Waals surface area contributed by atoms with E-state index in [1.807, 2.05) is 0 Å². The van der Waals surface area contributed by atoms with E-state index in [-0.39, 0.29) is 11.9 Å². The molecule has 1 saturated heterocycles. The smallest absolute Gasteiger partial charge is 0.242 e. The molecule has 1 heterocycles. The minimum absolute atomic E-state index is 0.0469. The maximum absolute atomic E-state index is 11.0. The zero-order valence-corrected chi connectivity index (χ0v) is 6.54. The molecular weight excluding hydrogens is 157 g/mol. The van der Waals surface area contributed by atoms with Gasteiger partial charge in [0.15, 0.2) is 5.81 Å². The Morgan fingerprint density at radius 2 is 2.50 bits per heavy atom. The molecule has 1 aliphatic heterocycles. The molecule has 6 heteroatoms.